The number of amides is 2. The van der Waals surface area contributed by atoms with Gasteiger partial charge in [0.05, 0.1) is 27.6 Å². The Kier molecular flexibility index (Phi) is 7.15. The van der Waals surface area contributed by atoms with E-state index in [1.807, 2.05) is 12.1 Å². The topological polar surface area (TPSA) is 95.9 Å². The molecule has 1 heterocycles. The number of carbonyl (C=O) groups excluding carboxylic acids is 3. The number of ether oxygens (including phenoxy) is 1. The van der Waals surface area contributed by atoms with Gasteiger partial charge in [0.1, 0.15) is 11.8 Å². The Hall–Kier alpha value is -2.97. The number of carbonyl (C=O) groups is 3. The van der Waals surface area contributed by atoms with E-state index in [0.717, 1.165) is 5.56 Å². The second-order valence-corrected chi connectivity index (χ2v) is 14.3. The van der Waals surface area contributed by atoms with Gasteiger partial charge in [0.25, 0.3) is 0 Å². The summed E-state index contributed by atoms with van der Waals surface area (Å²) in [6, 6.07) is 14.2. The number of rotatable bonds is 8. The molecule has 1 aliphatic rings. The third-order valence-corrected chi connectivity index (χ3v) is 7.79. The van der Waals surface area contributed by atoms with E-state index in [0.29, 0.717) is 16.4 Å². The number of hydrogen-bond donors (Lipinski definition) is 2. The van der Waals surface area contributed by atoms with Crippen LogP contribution in [0.4, 0.5) is 0 Å². The first-order chi connectivity index (χ1) is 15.1. The van der Waals surface area contributed by atoms with Gasteiger partial charge in [0.15, 0.2) is 5.78 Å². The lowest BCUT2D eigenvalue weighted by atomic mass is 9.96. The van der Waals surface area contributed by atoms with E-state index in [2.05, 4.69) is 37.1 Å². The van der Waals surface area contributed by atoms with Gasteiger partial charge in [-0.25, -0.2) is 5.06 Å². The average Bonchev–Trinajstić information content (AvgIpc) is 3.10. The molecule has 2 unspecified atom stereocenters. The summed E-state index contributed by atoms with van der Waals surface area (Å²) in [5.74, 6) is -1.14. The molecule has 0 bridgehead atoms. The van der Waals surface area contributed by atoms with Gasteiger partial charge < -0.3 is 10.1 Å². The van der Waals surface area contributed by atoms with Crippen LogP contribution in [0.2, 0.25) is 19.6 Å². The Labute approximate surface area is 189 Å². The summed E-state index contributed by atoms with van der Waals surface area (Å²) in [5, 5.41) is 14.2. The van der Waals surface area contributed by atoms with E-state index in [4.69, 9.17) is 4.74 Å². The summed E-state index contributed by atoms with van der Waals surface area (Å²) in [4.78, 5) is 37.7. The van der Waals surface area contributed by atoms with Gasteiger partial charge in [-0.15, -0.1) is 0 Å². The van der Waals surface area contributed by atoms with Crippen molar-refractivity contribution in [3.05, 3.63) is 59.7 Å². The Morgan fingerprint density at radius 3 is 2.25 bits per heavy atom. The van der Waals surface area contributed by atoms with Gasteiger partial charge in [-0.05, 0) is 23.3 Å². The van der Waals surface area contributed by atoms with Crippen molar-refractivity contribution in [2.24, 2.45) is 5.92 Å². The van der Waals surface area contributed by atoms with Crippen LogP contribution in [-0.2, 0) is 20.8 Å². The van der Waals surface area contributed by atoms with E-state index in [1.54, 1.807) is 31.4 Å². The van der Waals surface area contributed by atoms with Gasteiger partial charge in [-0.3, -0.25) is 19.6 Å². The number of nitrogens with zero attached hydrogens (tertiary/aromatic N) is 1. The molecule has 1 aliphatic heterocycles. The zero-order valence-corrected chi connectivity index (χ0v) is 19.9. The minimum Gasteiger partial charge on any atom is -0.497 e. The van der Waals surface area contributed by atoms with E-state index < -0.39 is 31.8 Å². The zero-order valence-electron chi connectivity index (χ0n) is 18.9. The van der Waals surface area contributed by atoms with Crippen LogP contribution in [0.25, 0.3) is 0 Å². The smallest absolute Gasteiger partial charge is 0.246 e. The van der Waals surface area contributed by atoms with Crippen molar-refractivity contribution in [1.29, 1.82) is 0 Å². The Bertz CT molecular complexity index is 983. The van der Waals surface area contributed by atoms with Crippen molar-refractivity contribution in [2.75, 3.05) is 13.7 Å². The lowest BCUT2D eigenvalue weighted by molar-refractivity contribution is -0.157. The summed E-state index contributed by atoms with van der Waals surface area (Å²) >= 11 is 0. The van der Waals surface area contributed by atoms with Crippen molar-refractivity contribution in [2.45, 2.75) is 38.5 Å². The first-order valence-electron chi connectivity index (χ1n) is 10.6. The predicted molar refractivity (Wildman–Crippen MR) is 124 cm³/mol. The fourth-order valence-corrected chi connectivity index (χ4v) is 4.87. The number of hydroxylamine groups is 2. The summed E-state index contributed by atoms with van der Waals surface area (Å²) < 4.78 is 5.19. The molecule has 2 aromatic carbocycles. The molecule has 0 radical (unpaired) electrons. The molecule has 2 amide bonds. The van der Waals surface area contributed by atoms with Crippen LogP contribution < -0.4 is 15.2 Å². The molecule has 0 saturated carbocycles. The molecule has 7 nitrogen and oxygen atoms in total. The van der Waals surface area contributed by atoms with Crippen LogP contribution in [-0.4, -0.2) is 49.6 Å². The van der Waals surface area contributed by atoms with E-state index in [9.17, 15) is 19.6 Å². The highest BCUT2D eigenvalue weighted by Gasteiger charge is 2.35. The quantitative estimate of drug-likeness (QED) is 0.472. The summed E-state index contributed by atoms with van der Waals surface area (Å²) in [6.45, 7) is 6.73. The fraction of sp³-hybridized carbons (Fsp3) is 0.375. The molecule has 0 spiro atoms. The fourth-order valence-electron chi connectivity index (χ4n) is 3.70. The van der Waals surface area contributed by atoms with Crippen molar-refractivity contribution in [3.8, 4) is 5.75 Å². The lowest BCUT2D eigenvalue weighted by Gasteiger charge is -2.21. The first-order valence-corrected chi connectivity index (χ1v) is 14.1. The molecule has 1 saturated heterocycles. The lowest BCUT2D eigenvalue weighted by Crippen LogP contribution is -2.39. The molecule has 0 aromatic heterocycles. The number of methoxy groups -OCH3 is 1. The Morgan fingerprint density at radius 1 is 1.12 bits per heavy atom. The highest BCUT2D eigenvalue weighted by atomic mass is 28.3. The van der Waals surface area contributed by atoms with Crippen molar-refractivity contribution in [3.63, 3.8) is 0 Å². The van der Waals surface area contributed by atoms with Crippen LogP contribution in [0.3, 0.4) is 0 Å². The number of benzene rings is 2. The van der Waals surface area contributed by atoms with Gasteiger partial charge in [-0.1, -0.05) is 61.2 Å². The maximum absolute atomic E-state index is 13.3. The molecular weight excluding hydrogens is 424 g/mol. The van der Waals surface area contributed by atoms with Crippen molar-refractivity contribution >= 4 is 30.9 Å². The monoisotopic (exact) mass is 454 g/mol. The normalized spacial score (nSPS) is 17.2. The first kappa shape index (κ1) is 23.7. The molecule has 0 aliphatic carbocycles. The number of Topliss-reactive ketones (excluding diaryl/α,β-unsaturated/α-hetero) is 1. The third-order valence-electron chi connectivity index (χ3n) is 5.73. The molecule has 170 valence electrons. The third kappa shape index (κ3) is 5.63. The molecule has 2 N–H and O–H groups in total. The standard InChI is InChI=1S/C24H30N2O5Si/c1-31-19-9-7-17(8-10-19)23(25-24(29)18-14-22(28)26(30)15-18)21(27)13-16-5-11-20(12-6-16)32(2,3)4/h5-12,18,23,30H,13-15H2,1-4H3,(H,25,29). The van der Waals surface area contributed by atoms with E-state index >= 15 is 0 Å². The molecule has 32 heavy (non-hydrogen) atoms. The second-order valence-electron chi connectivity index (χ2n) is 9.18. The molecule has 8 heteroatoms. The Morgan fingerprint density at radius 2 is 1.75 bits per heavy atom. The maximum atomic E-state index is 13.3. The predicted octanol–water partition coefficient (Wildman–Crippen LogP) is 2.45. The Balaban J connectivity index is 1.80. The highest BCUT2D eigenvalue weighted by molar-refractivity contribution is 6.88. The maximum Gasteiger partial charge on any atom is 0.246 e. The van der Waals surface area contributed by atoms with E-state index in [-0.39, 0.29) is 25.2 Å². The van der Waals surface area contributed by atoms with Gasteiger partial charge in [-0.2, -0.15) is 0 Å². The molecule has 1 fully saturated rings. The van der Waals surface area contributed by atoms with Crippen LogP contribution in [0.1, 0.15) is 23.6 Å². The molecule has 2 atom stereocenters. The molecular formula is C24H30N2O5Si. The largest absolute Gasteiger partial charge is 0.497 e. The highest BCUT2D eigenvalue weighted by Crippen LogP contribution is 2.23. The zero-order chi connectivity index (χ0) is 23.5. The number of hydrogen-bond acceptors (Lipinski definition) is 5. The van der Waals surface area contributed by atoms with Crippen molar-refractivity contribution in [1.82, 2.24) is 10.4 Å². The van der Waals surface area contributed by atoms with Gasteiger partial charge >= 0.3 is 0 Å². The van der Waals surface area contributed by atoms with Gasteiger partial charge in [0, 0.05) is 12.8 Å². The summed E-state index contributed by atoms with van der Waals surface area (Å²) in [5.41, 5.74) is 1.51. The molecule has 2 aromatic rings. The van der Waals surface area contributed by atoms with Gasteiger partial charge in [0.2, 0.25) is 11.8 Å². The van der Waals surface area contributed by atoms with Crippen LogP contribution in [0.5, 0.6) is 5.75 Å². The number of nitrogens with one attached hydrogen (secondary N) is 1. The average molecular weight is 455 g/mol. The summed E-state index contributed by atoms with van der Waals surface area (Å²) in [6.07, 6.45) is 0.0860. The van der Waals surface area contributed by atoms with Crippen molar-refractivity contribution < 1.29 is 24.3 Å². The SMILES string of the molecule is COc1ccc(C(NC(=O)C2CC(=O)N(O)C2)C(=O)Cc2ccc([Si](C)(C)C)cc2)cc1. The van der Waals surface area contributed by atoms with E-state index in [1.165, 1.54) is 5.19 Å². The van der Waals surface area contributed by atoms with Crippen LogP contribution in [0, 0.1) is 5.92 Å². The van der Waals surface area contributed by atoms with Crippen LogP contribution >= 0.6 is 0 Å². The summed E-state index contributed by atoms with van der Waals surface area (Å²) in [7, 11) is 0.123. The second kappa shape index (κ2) is 9.66. The molecule has 3 rings (SSSR count). The van der Waals surface area contributed by atoms with Crippen LogP contribution in [0.15, 0.2) is 48.5 Å². The minimum atomic E-state index is -1.43. The number of ketones is 1. The minimum absolute atomic E-state index is 0.0770.